The molecule has 6 nitrogen and oxygen atoms in total. The molecule has 118 valence electrons. The van der Waals surface area contributed by atoms with Gasteiger partial charge in [-0.1, -0.05) is 11.8 Å². The van der Waals surface area contributed by atoms with Crippen LogP contribution in [0, 0.1) is 0 Å². The van der Waals surface area contributed by atoms with Crippen LogP contribution in [0.1, 0.15) is 12.5 Å². The predicted molar refractivity (Wildman–Crippen MR) is 95.2 cm³/mol. The normalized spacial score (nSPS) is 16.4. The molecule has 9 heteroatoms. The first kappa shape index (κ1) is 17.3. The zero-order chi connectivity index (χ0) is 16.1. The summed E-state index contributed by atoms with van der Waals surface area (Å²) in [5, 5.41) is 11.1. The van der Waals surface area contributed by atoms with Crippen molar-refractivity contribution in [2.24, 2.45) is 10.2 Å². The van der Waals surface area contributed by atoms with E-state index in [0.29, 0.717) is 29.0 Å². The molecule has 1 aromatic rings. The second kappa shape index (κ2) is 7.98. The van der Waals surface area contributed by atoms with Crippen molar-refractivity contribution in [3.8, 4) is 11.5 Å². The van der Waals surface area contributed by atoms with E-state index in [0.717, 1.165) is 14.5 Å². The molecule has 0 aliphatic carbocycles. The summed E-state index contributed by atoms with van der Waals surface area (Å²) in [6.45, 7) is 2.42. The maximum Gasteiger partial charge on any atom is 0.236 e. The molecule has 0 unspecified atom stereocenters. The van der Waals surface area contributed by atoms with E-state index < -0.39 is 0 Å². The van der Waals surface area contributed by atoms with Crippen molar-refractivity contribution >= 4 is 60.9 Å². The summed E-state index contributed by atoms with van der Waals surface area (Å²) in [5.74, 6) is 1.53. The lowest BCUT2D eigenvalue weighted by atomic mass is 10.2. The van der Waals surface area contributed by atoms with Gasteiger partial charge < -0.3 is 14.8 Å². The fourth-order valence-electron chi connectivity index (χ4n) is 1.67. The molecule has 0 aromatic heterocycles. The number of hydrogen-bond donors (Lipinski definition) is 1. The van der Waals surface area contributed by atoms with E-state index in [-0.39, 0.29) is 5.91 Å². The Balaban J connectivity index is 2.28. The Bertz CT molecular complexity index is 650. The predicted octanol–water partition coefficient (Wildman–Crippen LogP) is 3.17. The molecule has 0 spiro atoms. The van der Waals surface area contributed by atoms with Gasteiger partial charge in [0.15, 0.2) is 16.7 Å². The first-order valence-electron chi connectivity index (χ1n) is 6.29. The highest BCUT2D eigenvalue weighted by molar-refractivity contribution is 9.13. The second-order valence-corrected chi connectivity index (χ2v) is 6.59. The summed E-state index contributed by atoms with van der Waals surface area (Å²) >= 11 is 8.27. The molecule has 1 aliphatic rings. The molecule has 0 saturated carbocycles. The van der Waals surface area contributed by atoms with Crippen LogP contribution >= 0.6 is 43.6 Å². The van der Waals surface area contributed by atoms with Gasteiger partial charge in [0, 0.05) is 10.0 Å². The summed E-state index contributed by atoms with van der Waals surface area (Å²) in [4.78, 5) is 11.1. The average molecular weight is 451 g/mol. The minimum Gasteiger partial charge on any atom is -0.492 e. The fraction of sp³-hybridized carbons (Fsp3) is 0.308. The zero-order valence-electron chi connectivity index (χ0n) is 11.9. The SMILES string of the molecule is CCOc1cc(C=NN=C2NC(=O)CS2)c(Br)c(Br)c1OC. The van der Waals surface area contributed by atoms with Crippen molar-refractivity contribution in [3.05, 3.63) is 20.6 Å². The van der Waals surface area contributed by atoms with E-state index in [1.165, 1.54) is 11.8 Å². The maximum absolute atomic E-state index is 11.1. The van der Waals surface area contributed by atoms with E-state index >= 15 is 0 Å². The van der Waals surface area contributed by atoms with Gasteiger partial charge in [-0.15, -0.1) is 5.10 Å². The summed E-state index contributed by atoms with van der Waals surface area (Å²) in [6, 6.07) is 1.81. The molecule has 1 amide bonds. The van der Waals surface area contributed by atoms with Crippen LogP contribution in [0.3, 0.4) is 0 Å². The van der Waals surface area contributed by atoms with Crippen molar-refractivity contribution in [1.82, 2.24) is 5.32 Å². The number of hydrogen-bond acceptors (Lipinski definition) is 6. The highest BCUT2D eigenvalue weighted by Gasteiger charge is 2.17. The lowest BCUT2D eigenvalue weighted by molar-refractivity contribution is -0.116. The molecule has 0 radical (unpaired) electrons. The van der Waals surface area contributed by atoms with Crippen LogP contribution in [0.4, 0.5) is 0 Å². The number of carbonyl (C=O) groups is 1. The van der Waals surface area contributed by atoms with Crippen LogP contribution in [0.15, 0.2) is 25.2 Å². The van der Waals surface area contributed by atoms with Crippen LogP contribution in [0.25, 0.3) is 0 Å². The van der Waals surface area contributed by atoms with Gasteiger partial charge in [0.25, 0.3) is 0 Å². The largest absolute Gasteiger partial charge is 0.492 e. The van der Waals surface area contributed by atoms with Gasteiger partial charge in [-0.3, -0.25) is 4.79 Å². The minimum absolute atomic E-state index is 0.0639. The van der Waals surface area contributed by atoms with Crippen molar-refractivity contribution in [1.29, 1.82) is 0 Å². The van der Waals surface area contributed by atoms with Crippen molar-refractivity contribution in [2.45, 2.75) is 6.92 Å². The van der Waals surface area contributed by atoms with Crippen LogP contribution in [-0.4, -0.2) is 36.8 Å². The zero-order valence-corrected chi connectivity index (χ0v) is 15.8. The standard InChI is InChI=1S/C13H13Br2N3O3S/c1-3-21-8-4-7(10(14)11(15)12(8)20-2)5-16-18-13-17-9(19)6-22-13/h4-5H,3,6H2,1-2H3,(H,17,18,19). The molecular formula is C13H13Br2N3O3S. The Morgan fingerprint density at radius 2 is 2.23 bits per heavy atom. The van der Waals surface area contributed by atoms with Crippen LogP contribution in [0.5, 0.6) is 11.5 Å². The summed E-state index contributed by atoms with van der Waals surface area (Å²) in [6.07, 6.45) is 1.58. The van der Waals surface area contributed by atoms with E-state index in [1.54, 1.807) is 19.4 Å². The third-order valence-electron chi connectivity index (χ3n) is 2.59. The minimum atomic E-state index is -0.0639. The van der Waals surface area contributed by atoms with Gasteiger partial charge in [-0.2, -0.15) is 5.10 Å². The van der Waals surface area contributed by atoms with Crippen molar-refractivity contribution in [2.75, 3.05) is 19.5 Å². The number of carbonyl (C=O) groups excluding carboxylic acids is 1. The number of halogens is 2. The molecule has 1 aromatic carbocycles. The number of rotatable bonds is 5. The highest BCUT2D eigenvalue weighted by Crippen LogP contribution is 2.42. The second-order valence-electron chi connectivity index (χ2n) is 4.04. The van der Waals surface area contributed by atoms with E-state index in [2.05, 4.69) is 47.4 Å². The molecule has 22 heavy (non-hydrogen) atoms. The molecule has 1 fully saturated rings. The molecule has 1 aliphatic heterocycles. The molecule has 0 atom stereocenters. The monoisotopic (exact) mass is 449 g/mol. The maximum atomic E-state index is 11.1. The number of benzene rings is 1. The third kappa shape index (κ3) is 4.02. The van der Waals surface area contributed by atoms with Gasteiger partial charge in [-0.25, -0.2) is 0 Å². The summed E-state index contributed by atoms with van der Waals surface area (Å²) in [7, 11) is 1.58. The quantitative estimate of drug-likeness (QED) is 0.552. The molecule has 0 bridgehead atoms. The van der Waals surface area contributed by atoms with Crippen LogP contribution in [0.2, 0.25) is 0 Å². The fourth-order valence-corrected chi connectivity index (χ4v) is 3.29. The first-order chi connectivity index (χ1) is 10.6. The van der Waals surface area contributed by atoms with Gasteiger partial charge in [0.05, 0.1) is 30.2 Å². The number of thioether (sulfide) groups is 1. The average Bonchev–Trinajstić information content (AvgIpc) is 2.90. The van der Waals surface area contributed by atoms with E-state index in [9.17, 15) is 4.79 Å². The third-order valence-corrected chi connectivity index (χ3v) is 5.60. The van der Waals surface area contributed by atoms with Gasteiger partial charge in [0.1, 0.15) is 0 Å². The van der Waals surface area contributed by atoms with Gasteiger partial charge in [-0.05, 0) is 44.8 Å². The van der Waals surface area contributed by atoms with Crippen molar-refractivity contribution in [3.63, 3.8) is 0 Å². The first-order valence-corrected chi connectivity index (χ1v) is 8.86. The van der Waals surface area contributed by atoms with E-state index in [1.807, 2.05) is 6.92 Å². The van der Waals surface area contributed by atoms with Crippen molar-refractivity contribution < 1.29 is 14.3 Å². The number of amides is 1. The van der Waals surface area contributed by atoms with Crippen LogP contribution < -0.4 is 14.8 Å². The smallest absolute Gasteiger partial charge is 0.236 e. The topological polar surface area (TPSA) is 72.3 Å². The van der Waals surface area contributed by atoms with E-state index in [4.69, 9.17) is 9.47 Å². The number of nitrogens with one attached hydrogen (secondary N) is 1. The number of methoxy groups -OCH3 is 1. The Morgan fingerprint density at radius 1 is 1.45 bits per heavy atom. The lowest BCUT2D eigenvalue weighted by Gasteiger charge is -2.13. The Kier molecular flexibility index (Phi) is 6.27. The number of amidine groups is 1. The Labute approximate surface area is 149 Å². The molecule has 1 N–H and O–H groups in total. The molecular weight excluding hydrogens is 438 g/mol. The molecule has 1 saturated heterocycles. The number of ether oxygens (including phenoxy) is 2. The molecule has 1 heterocycles. The van der Waals surface area contributed by atoms with Gasteiger partial charge >= 0.3 is 0 Å². The lowest BCUT2D eigenvalue weighted by Crippen LogP contribution is -2.19. The highest BCUT2D eigenvalue weighted by atomic mass is 79.9. The Hall–Kier alpha value is -1.06. The summed E-state index contributed by atoms with van der Waals surface area (Å²) < 4.78 is 12.4. The van der Waals surface area contributed by atoms with Gasteiger partial charge in [0.2, 0.25) is 5.91 Å². The summed E-state index contributed by atoms with van der Waals surface area (Å²) in [5.41, 5.74) is 0.773. The Morgan fingerprint density at radius 3 is 2.82 bits per heavy atom. The number of nitrogens with zero attached hydrogens (tertiary/aromatic N) is 2. The van der Waals surface area contributed by atoms with Crippen LogP contribution in [-0.2, 0) is 4.79 Å². The molecule has 2 rings (SSSR count).